The van der Waals surface area contributed by atoms with Gasteiger partial charge in [0, 0.05) is 12.6 Å². The molecule has 0 aromatic carbocycles. The second-order valence-electron chi connectivity index (χ2n) is 6.21. The quantitative estimate of drug-likeness (QED) is 0.806. The predicted molar refractivity (Wildman–Crippen MR) is 71.9 cm³/mol. The number of nitrogens with one attached hydrogen (secondary N) is 1. The molecule has 2 amide bonds. The molecule has 1 aliphatic carbocycles. The molecule has 2 atom stereocenters. The first-order valence-electron chi connectivity index (χ1n) is 7.27. The summed E-state index contributed by atoms with van der Waals surface area (Å²) in [6.07, 6.45) is 4.97. The van der Waals surface area contributed by atoms with Crippen molar-refractivity contribution in [3.05, 3.63) is 0 Å². The number of urea groups is 1. The van der Waals surface area contributed by atoms with Crippen molar-refractivity contribution in [1.29, 1.82) is 0 Å². The summed E-state index contributed by atoms with van der Waals surface area (Å²) in [5.74, 6) is -0.401. The van der Waals surface area contributed by atoms with Gasteiger partial charge in [-0.1, -0.05) is 19.8 Å². The van der Waals surface area contributed by atoms with E-state index in [0.29, 0.717) is 18.8 Å². The molecular formula is C14H24N2O3. The number of aliphatic carboxylic acids is 1. The van der Waals surface area contributed by atoms with Gasteiger partial charge in [0.05, 0.1) is 0 Å². The van der Waals surface area contributed by atoms with E-state index in [4.69, 9.17) is 0 Å². The van der Waals surface area contributed by atoms with Crippen molar-refractivity contribution in [3.8, 4) is 0 Å². The van der Waals surface area contributed by atoms with E-state index >= 15 is 0 Å². The molecule has 0 aromatic rings. The van der Waals surface area contributed by atoms with Crippen molar-refractivity contribution in [2.45, 2.75) is 64.0 Å². The summed E-state index contributed by atoms with van der Waals surface area (Å²) in [5.41, 5.74) is -1.03. The Morgan fingerprint density at radius 2 is 1.84 bits per heavy atom. The second kappa shape index (κ2) is 5.39. The third kappa shape index (κ3) is 2.85. The monoisotopic (exact) mass is 268 g/mol. The highest BCUT2D eigenvalue weighted by Gasteiger charge is 2.44. The summed E-state index contributed by atoms with van der Waals surface area (Å²) in [6, 6.07) is -0.00759. The number of carboxylic acid groups (broad SMARTS) is 1. The Labute approximate surface area is 114 Å². The summed E-state index contributed by atoms with van der Waals surface area (Å²) in [5, 5.41) is 12.2. The van der Waals surface area contributed by atoms with Crippen molar-refractivity contribution in [1.82, 2.24) is 10.2 Å². The zero-order chi connectivity index (χ0) is 14.0. The van der Waals surface area contributed by atoms with Crippen LogP contribution in [0.4, 0.5) is 4.79 Å². The van der Waals surface area contributed by atoms with Crippen LogP contribution in [0.2, 0.25) is 0 Å². The van der Waals surface area contributed by atoms with E-state index in [1.807, 2.05) is 6.92 Å². The van der Waals surface area contributed by atoms with Gasteiger partial charge in [0.1, 0.15) is 5.54 Å². The van der Waals surface area contributed by atoms with Gasteiger partial charge in [-0.3, -0.25) is 0 Å². The largest absolute Gasteiger partial charge is 0.480 e. The van der Waals surface area contributed by atoms with Crippen molar-refractivity contribution in [2.75, 3.05) is 6.54 Å². The summed E-state index contributed by atoms with van der Waals surface area (Å²) < 4.78 is 0. The molecule has 0 aromatic heterocycles. The van der Waals surface area contributed by atoms with Crippen molar-refractivity contribution in [3.63, 3.8) is 0 Å². The van der Waals surface area contributed by atoms with Crippen molar-refractivity contribution >= 4 is 12.0 Å². The Hall–Kier alpha value is -1.26. The van der Waals surface area contributed by atoms with Crippen LogP contribution >= 0.6 is 0 Å². The maximum absolute atomic E-state index is 12.4. The summed E-state index contributed by atoms with van der Waals surface area (Å²) in [6.45, 7) is 4.89. The predicted octanol–water partition coefficient (Wildman–Crippen LogP) is 2.21. The van der Waals surface area contributed by atoms with Crippen LogP contribution < -0.4 is 5.32 Å². The van der Waals surface area contributed by atoms with Crippen LogP contribution in [0, 0.1) is 5.92 Å². The molecule has 2 rings (SSSR count). The molecule has 0 radical (unpaired) electrons. The number of carbonyl (C=O) groups excluding carboxylic acids is 1. The molecule has 19 heavy (non-hydrogen) atoms. The van der Waals surface area contributed by atoms with Crippen molar-refractivity contribution in [2.24, 2.45) is 5.92 Å². The van der Waals surface area contributed by atoms with E-state index in [2.05, 4.69) is 12.2 Å². The molecular weight excluding hydrogens is 244 g/mol. The second-order valence-corrected chi connectivity index (χ2v) is 6.21. The highest BCUT2D eigenvalue weighted by atomic mass is 16.4. The lowest BCUT2D eigenvalue weighted by Crippen LogP contribution is -2.59. The molecule has 1 saturated heterocycles. The number of likely N-dealkylation sites (tertiary alicyclic amines) is 1. The highest BCUT2D eigenvalue weighted by Crippen LogP contribution is 2.31. The van der Waals surface area contributed by atoms with E-state index in [-0.39, 0.29) is 12.1 Å². The first-order chi connectivity index (χ1) is 8.94. The number of piperidine rings is 1. The molecule has 1 heterocycles. The maximum Gasteiger partial charge on any atom is 0.329 e. The third-order valence-corrected chi connectivity index (χ3v) is 4.59. The molecule has 5 nitrogen and oxygen atoms in total. The zero-order valence-electron chi connectivity index (χ0n) is 11.8. The molecule has 1 aliphatic heterocycles. The van der Waals surface area contributed by atoms with Gasteiger partial charge in [0.15, 0.2) is 0 Å². The van der Waals surface area contributed by atoms with Gasteiger partial charge >= 0.3 is 12.0 Å². The first kappa shape index (κ1) is 14.2. The van der Waals surface area contributed by atoms with Crippen LogP contribution in [-0.4, -0.2) is 40.1 Å². The van der Waals surface area contributed by atoms with Crippen molar-refractivity contribution < 1.29 is 14.7 Å². The minimum atomic E-state index is -1.03. The van der Waals surface area contributed by atoms with Gasteiger partial charge in [-0.15, -0.1) is 0 Å². The summed E-state index contributed by atoms with van der Waals surface area (Å²) >= 11 is 0. The summed E-state index contributed by atoms with van der Waals surface area (Å²) in [7, 11) is 0. The van der Waals surface area contributed by atoms with E-state index in [1.54, 1.807) is 4.90 Å². The molecule has 2 N–H and O–H groups in total. The fourth-order valence-electron chi connectivity index (χ4n) is 3.22. The fourth-order valence-corrected chi connectivity index (χ4v) is 3.22. The number of hydrogen-bond acceptors (Lipinski definition) is 2. The average molecular weight is 268 g/mol. The number of hydrogen-bond donors (Lipinski definition) is 2. The van der Waals surface area contributed by atoms with E-state index in [1.165, 1.54) is 0 Å². The van der Waals surface area contributed by atoms with Crippen LogP contribution in [0.1, 0.15) is 52.4 Å². The Balaban J connectivity index is 2.05. The van der Waals surface area contributed by atoms with Crippen LogP contribution in [0.3, 0.4) is 0 Å². The smallest absolute Gasteiger partial charge is 0.329 e. The SMILES string of the molecule is CC1CCC(C)N(C(=O)NC2(C(=O)O)CCCC2)C1. The number of amides is 2. The summed E-state index contributed by atoms with van der Waals surface area (Å²) in [4.78, 5) is 25.6. The van der Waals surface area contributed by atoms with E-state index < -0.39 is 11.5 Å². The lowest BCUT2D eigenvalue weighted by atomic mass is 9.94. The molecule has 108 valence electrons. The molecule has 1 saturated carbocycles. The van der Waals surface area contributed by atoms with Crippen LogP contribution in [0.5, 0.6) is 0 Å². The van der Waals surface area contributed by atoms with Crippen LogP contribution in [-0.2, 0) is 4.79 Å². The molecule has 0 spiro atoms. The molecule has 0 bridgehead atoms. The topological polar surface area (TPSA) is 69.6 Å². The average Bonchev–Trinajstić information content (AvgIpc) is 2.82. The van der Waals surface area contributed by atoms with E-state index in [9.17, 15) is 14.7 Å². The highest BCUT2D eigenvalue weighted by molar-refractivity contribution is 5.86. The minimum absolute atomic E-state index is 0.198. The van der Waals surface area contributed by atoms with Gasteiger partial charge in [0.2, 0.25) is 0 Å². The Morgan fingerprint density at radius 3 is 2.42 bits per heavy atom. The zero-order valence-corrected chi connectivity index (χ0v) is 11.8. The van der Waals surface area contributed by atoms with Crippen LogP contribution in [0.25, 0.3) is 0 Å². The Morgan fingerprint density at radius 1 is 1.21 bits per heavy atom. The van der Waals surface area contributed by atoms with Gasteiger partial charge in [-0.05, 0) is 38.5 Å². The van der Waals surface area contributed by atoms with Gasteiger partial charge < -0.3 is 15.3 Å². The maximum atomic E-state index is 12.4. The Kier molecular flexibility index (Phi) is 4.02. The van der Waals surface area contributed by atoms with Gasteiger partial charge in [0.25, 0.3) is 0 Å². The molecule has 2 fully saturated rings. The number of carbonyl (C=O) groups is 2. The number of carboxylic acids is 1. The standard InChI is InChI=1S/C14H24N2O3/c1-10-5-6-11(2)16(9-10)13(19)15-14(12(17)18)7-3-4-8-14/h10-11H,3-9H2,1-2H3,(H,15,19)(H,17,18). The minimum Gasteiger partial charge on any atom is -0.480 e. The lowest BCUT2D eigenvalue weighted by molar-refractivity contribution is -0.144. The molecule has 2 aliphatic rings. The lowest BCUT2D eigenvalue weighted by Gasteiger charge is -2.39. The van der Waals surface area contributed by atoms with Crippen LogP contribution in [0.15, 0.2) is 0 Å². The first-order valence-corrected chi connectivity index (χ1v) is 7.27. The van der Waals surface area contributed by atoms with Gasteiger partial charge in [-0.25, -0.2) is 9.59 Å². The third-order valence-electron chi connectivity index (χ3n) is 4.59. The normalized spacial score (nSPS) is 30.1. The number of rotatable bonds is 2. The fraction of sp³-hybridized carbons (Fsp3) is 0.857. The Bertz CT molecular complexity index is 364. The molecule has 5 heteroatoms. The number of nitrogens with zero attached hydrogens (tertiary/aromatic N) is 1. The van der Waals surface area contributed by atoms with E-state index in [0.717, 1.165) is 32.2 Å². The van der Waals surface area contributed by atoms with Gasteiger partial charge in [-0.2, -0.15) is 0 Å². The molecule has 2 unspecified atom stereocenters.